The number of benzene rings is 1. The predicted molar refractivity (Wildman–Crippen MR) is 137 cm³/mol. The Balaban J connectivity index is 1.34. The molecule has 0 amide bonds. The lowest BCUT2D eigenvalue weighted by molar-refractivity contribution is -0.274. The Kier molecular flexibility index (Phi) is 8.36. The summed E-state index contributed by atoms with van der Waals surface area (Å²) in [5, 5.41) is 14.0. The molecule has 0 radical (unpaired) electrons. The van der Waals surface area contributed by atoms with Crippen molar-refractivity contribution in [1.29, 1.82) is 0 Å². The Bertz CT molecular complexity index is 1120. The maximum absolute atomic E-state index is 12.6. The third kappa shape index (κ3) is 6.34. The van der Waals surface area contributed by atoms with E-state index in [1.54, 1.807) is 0 Å². The monoisotopic (exact) mass is 549 g/mol. The van der Waals surface area contributed by atoms with Gasteiger partial charge in [-0.05, 0) is 42.9 Å². The number of fused-ring (bicyclic) bond motifs is 1. The highest BCUT2D eigenvalue weighted by Gasteiger charge is 2.37. The second-order valence-corrected chi connectivity index (χ2v) is 10.4. The van der Waals surface area contributed by atoms with E-state index < -0.39 is 18.4 Å². The van der Waals surface area contributed by atoms with E-state index in [1.807, 2.05) is 0 Å². The lowest BCUT2D eigenvalue weighted by atomic mass is 9.94. The molecule has 0 saturated carbocycles. The minimum absolute atomic E-state index is 0.157. The average molecular weight is 550 g/mol. The number of carbonyl (C=O) groups excluding carboxylic acids is 1. The maximum Gasteiger partial charge on any atom is 0.573 e. The number of aliphatic hydroxyl groups is 1. The number of halogens is 3. The number of piperazine rings is 1. The fraction of sp³-hybridized carbons (Fsp3) is 0.593. The van der Waals surface area contributed by atoms with Crippen molar-refractivity contribution >= 4 is 12.1 Å². The van der Waals surface area contributed by atoms with Crippen LogP contribution in [0.4, 0.5) is 19.0 Å². The summed E-state index contributed by atoms with van der Waals surface area (Å²) in [6.45, 7) is 5.98. The molecule has 12 heteroatoms. The van der Waals surface area contributed by atoms with E-state index in [4.69, 9.17) is 4.74 Å². The molecule has 0 bridgehead atoms. The van der Waals surface area contributed by atoms with E-state index >= 15 is 0 Å². The van der Waals surface area contributed by atoms with E-state index in [9.17, 15) is 23.1 Å². The Morgan fingerprint density at radius 3 is 2.46 bits per heavy atom. The molecule has 212 valence electrons. The molecule has 5 rings (SSSR count). The van der Waals surface area contributed by atoms with Crippen molar-refractivity contribution in [2.24, 2.45) is 0 Å². The van der Waals surface area contributed by atoms with Gasteiger partial charge in [0.1, 0.15) is 24.2 Å². The molecule has 3 heterocycles. The zero-order valence-corrected chi connectivity index (χ0v) is 21.8. The van der Waals surface area contributed by atoms with Crippen LogP contribution in [0.25, 0.3) is 0 Å². The van der Waals surface area contributed by atoms with E-state index in [0.29, 0.717) is 57.1 Å². The summed E-state index contributed by atoms with van der Waals surface area (Å²) < 4.78 is 47.4. The maximum atomic E-state index is 12.6. The van der Waals surface area contributed by atoms with Crippen LogP contribution in [0.3, 0.4) is 0 Å². The van der Waals surface area contributed by atoms with Gasteiger partial charge in [-0.1, -0.05) is 19.1 Å². The largest absolute Gasteiger partial charge is 0.573 e. The molecule has 1 aromatic carbocycles. The van der Waals surface area contributed by atoms with Crippen LogP contribution in [0.5, 0.6) is 5.75 Å². The fourth-order valence-corrected chi connectivity index (χ4v) is 5.93. The van der Waals surface area contributed by atoms with Crippen LogP contribution < -0.4 is 15.0 Å². The van der Waals surface area contributed by atoms with E-state index in [0.717, 1.165) is 30.5 Å². The van der Waals surface area contributed by atoms with Crippen molar-refractivity contribution in [2.45, 2.75) is 62.7 Å². The van der Waals surface area contributed by atoms with Crippen LogP contribution >= 0.6 is 0 Å². The zero-order chi connectivity index (χ0) is 27.6. The van der Waals surface area contributed by atoms with Crippen molar-refractivity contribution in [3.05, 3.63) is 47.4 Å². The topological polar surface area (TPSA) is 100 Å². The molecule has 2 saturated heterocycles. The molecule has 2 aromatic rings. The molecule has 39 heavy (non-hydrogen) atoms. The number of hydrogen-bond donors (Lipinski definition) is 2. The van der Waals surface area contributed by atoms with Crippen molar-refractivity contribution in [1.82, 2.24) is 20.2 Å². The molecule has 2 N–H and O–H groups in total. The summed E-state index contributed by atoms with van der Waals surface area (Å²) >= 11 is 0. The highest BCUT2D eigenvalue weighted by atomic mass is 19.4. The number of alkyl halides is 3. The number of carbonyl (C=O) groups is 1. The quantitative estimate of drug-likeness (QED) is 0.481. The first-order valence-corrected chi connectivity index (χ1v) is 13.4. The van der Waals surface area contributed by atoms with Crippen LogP contribution in [0, 0.1) is 0 Å². The standard InChI is InChI=1S/C27H34F3N5O4/c1-17-14-22(37)24-23(17)26(32-16-31-24)35-10-8-34(9-11-35)25(33-19-6-12-38-13-7-19)21(15-36)18-2-4-20(5-3-18)39-27(28,29)30/h2-5,15-17,19,21-22,25,33,37H,6-14H2,1H3/t17-,21?,22-,25?/m1/s1. The van der Waals surface area contributed by atoms with Crippen LogP contribution in [-0.2, 0) is 9.53 Å². The van der Waals surface area contributed by atoms with Gasteiger partial charge in [0.05, 0.1) is 23.9 Å². The number of rotatable bonds is 8. The zero-order valence-electron chi connectivity index (χ0n) is 21.8. The highest BCUT2D eigenvalue weighted by molar-refractivity contribution is 5.64. The number of nitrogens with one attached hydrogen (secondary N) is 1. The van der Waals surface area contributed by atoms with E-state index in [1.165, 1.54) is 30.6 Å². The summed E-state index contributed by atoms with van der Waals surface area (Å²) in [7, 11) is 0. The Morgan fingerprint density at radius 1 is 1.13 bits per heavy atom. The number of aldehydes is 1. The first kappa shape index (κ1) is 27.8. The lowest BCUT2D eigenvalue weighted by Gasteiger charge is -2.44. The Labute approximate surface area is 225 Å². The van der Waals surface area contributed by atoms with Crippen molar-refractivity contribution in [3.8, 4) is 5.75 Å². The van der Waals surface area contributed by atoms with Gasteiger partial charge >= 0.3 is 6.36 Å². The molecular formula is C27H34F3N5O4. The van der Waals surface area contributed by atoms with Gasteiger partial charge in [0, 0.05) is 51.0 Å². The summed E-state index contributed by atoms with van der Waals surface area (Å²) in [5.41, 5.74) is 2.32. The third-order valence-electron chi connectivity index (χ3n) is 7.90. The first-order chi connectivity index (χ1) is 18.7. The van der Waals surface area contributed by atoms with Gasteiger partial charge in [0.15, 0.2) is 0 Å². The number of nitrogens with zero attached hydrogens (tertiary/aromatic N) is 4. The van der Waals surface area contributed by atoms with E-state index in [2.05, 4.69) is 36.7 Å². The molecular weight excluding hydrogens is 515 g/mol. The predicted octanol–water partition coefficient (Wildman–Crippen LogP) is 3.12. The SMILES string of the molecule is C[C@@H]1C[C@@H](O)c2ncnc(N3CCN(C(NC4CCOCC4)C(C=O)c4ccc(OC(F)(F)F)cc4)CC3)c21. The fourth-order valence-electron chi connectivity index (χ4n) is 5.93. The number of anilines is 1. The van der Waals surface area contributed by atoms with Crippen molar-refractivity contribution in [2.75, 3.05) is 44.3 Å². The summed E-state index contributed by atoms with van der Waals surface area (Å²) in [6.07, 6.45) is -1.08. The normalized spacial score (nSPS) is 24.3. The summed E-state index contributed by atoms with van der Waals surface area (Å²) in [6, 6.07) is 5.68. The smallest absolute Gasteiger partial charge is 0.406 e. The third-order valence-corrected chi connectivity index (χ3v) is 7.90. The molecule has 1 aliphatic carbocycles. The molecule has 9 nitrogen and oxygen atoms in total. The number of aromatic nitrogens is 2. The number of hydrogen-bond acceptors (Lipinski definition) is 9. The molecule has 1 aromatic heterocycles. The average Bonchev–Trinajstić information content (AvgIpc) is 3.22. The van der Waals surface area contributed by atoms with Crippen LogP contribution in [0.15, 0.2) is 30.6 Å². The van der Waals surface area contributed by atoms with Crippen molar-refractivity contribution in [3.63, 3.8) is 0 Å². The minimum atomic E-state index is -4.78. The highest BCUT2D eigenvalue weighted by Crippen LogP contribution is 2.43. The molecule has 0 spiro atoms. The molecule has 2 unspecified atom stereocenters. The second kappa shape index (κ2) is 11.7. The molecule has 3 aliphatic rings. The summed E-state index contributed by atoms with van der Waals surface area (Å²) in [4.78, 5) is 25.8. The van der Waals surface area contributed by atoms with Gasteiger partial charge < -0.3 is 24.3 Å². The van der Waals surface area contributed by atoms with Crippen LogP contribution in [0.2, 0.25) is 0 Å². The Hall–Kier alpha value is -2.80. The molecule has 4 atom stereocenters. The van der Waals surface area contributed by atoms with Gasteiger partial charge in [-0.3, -0.25) is 10.2 Å². The van der Waals surface area contributed by atoms with Gasteiger partial charge in [0.25, 0.3) is 0 Å². The second-order valence-electron chi connectivity index (χ2n) is 10.4. The summed E-state index contributed by atoms with van der Waals surface area (Å²) in [5.74, 6) is 0.0914. The van der Waals surface area contributed by atoms with Gasteiger partial charge in [0.2, 0.25) is 0 Å². The van der Waals surface area contributed by atoms with Gasteiger partial charge in [-0.15, -0.1) is 13.2 Å². The van der Waals surface area contributed by atoms with Gasteiger partial charge in [-0.2, -0.15) is 0 Å². The molecule has 2 fully saturated rings. The lowest BCUT2D eigenvalue weighted by Crippen LogP contribution is -2.59. The van der Waals surface area contributed by atoms with Crippen LogP contribution in [-0.4, -0.2) is 84.2 Å². The minimum Gasteiger partial charge on any atom is -0.406 e. The van der Waals surface area contributed by atoms with Crippen LogP contribution in [0.1, 0.15) is 60.9 Å². The van der Waals surface area contributed by atoms with E-state index in [-0.39, 0.29) is 23.9 Å². The number of ether oxygens (including phenoxy) is 2. The van der Waals surface area contributed by atoms with Gasteiger partial charge in [-0.25, -0.2) is 9.97 Å². The molecule has 2 aliphatic heterocycles. The Morgan fingerprint density at radius 2 is 1.82 bits per heavy atom. The van der Waals surface area contributed by atoms with Crippen molar-refractivity contribution < 1.29 is 32.5 Å². The first-order valence-electron chi connectivity index (χ1n) is 13.4. The number of aliphatic hydroxyl groups excluding tert-OH is 1.